The number of carbonyl (C=O) groups excluding carboxylic acids is 1. The molecule has 1 heterocycles. The zero-order valence-electron chi connectivity index (χ0n) is 10.8. The fraction of sp³-hybridized carbons (Fsp3) is 0.385. The van der Waals surface area contributed by atoms with Gasteiger partial charge in [0.15, 0.2) is 0 Å². The molecule has 1 atom stereocenters. The van der Waals surface area contributed by atoms with Gasteiger partial charge >= 0.3 is 5.97 Å². The maximum absolute atomic E-state index is 11.9. The average Bonchev–Trinajstić information content (AvgIpc) is 2.80. The highest BCUT2D eigenvalue weighted by atomic mass is 16.5. The molecule has 19 heavy (non-hydrogen) atoms. The summed E-state index contributed by atoms with van der Waals surface area (Å²) >= 11 is 0. The van der Waals surface area contributed by atoms with Crippen LogP contribution in [-0.4, -0.2) is 37.7 Å². The second-order valence-corrected chi connectivity index (χ2v) is 4.28. The lowest BCUT2D eigenvalue weighted by Gasteiger charge is -2.19. The maximum atomic E-state index is 11.9. The van der Waals surface area contributed by atoms with Gasteiger partial charge in [0.2, 0.25) is 5.91 Å². The van der Waals surface area contributed by atoms with Crippen molar-refractivity contribution in [2.45, 2.75) is 6.42 Å². The summed E-state index contributed by atoms with van der Waals surface area (Å²) in [7, 11) is 3.03. The lowest BCUT2D eigenvalue weighted by molar-refractivity contribution is -0.141. The van der Waals surface area contributed by atoms with Crippen LogP contribution in [0.3, 0.4) is 0 Å². The first-order valence-electron chi connectivity index (χ1n) is 5.82. The normalized spacial score (nSPS) is 18.5. The first kappa shape index (κ1) is 13.2. The van der Waals surface area contributed by atoms with Crippen LogP contribution in [0.4, 0.5) is 5.69 Å². The number of aliphatic carboxylic acids is 1. The number of hydrogen-bond donors (Lipinski definition) is 1. The predicted octanol–water partition coefficient (Wildman–Crippen LogP) is 1.14. The van der Waals surface area contributed by atoms with Crippen LogP contribution in [0.5, 0.6) is 11.5 Å². The van der Waals surface area contributed by atoms with Crippen molar-refractivity contribution in [3.05, 3.63) is 18.2 Å². The van der Waals surface area contributed by atoms with E-state index in [0.29, 0.717) is 17.2 Å². The van der Waals surface area contributed by atoms with E-state index in [2.05, 4.69) is 0 Å². The number of rotatable bonds is 4. The van der Waals surface area contributed by atoms with E-state index in [0.717, 1.165) is 0 Å². The van der Waals surface area contributed by atoms with Crippen LogP contribution >= 0.6 is 0 Å². The molecule has 0 bridgehead atoms. The van der Waals surface area contributed by atoms with E-state index in [1.807, 2.05) is 0 Å². The van der Waals surface area contributed by atoms with E-state index in [-0.39, 0.29) is 18.9 Å². The molecule has 0 aromatic heterocycles. The number of anilines is 1. The minimum atomic E-state index is -0.960. The summed E-state index contributed by atoms with van der Waals surface area (Å²) in [6.45, 7) is 0.150. The van der Waals surface area contributed by atoms with E-state index in [1.165, 1.54) is 19.1 Å². The lowest BCUT2D eigenvalue weighted by Crippen LogP contribution is -2.26. The zero-order valence-corrected chi connectivity index (χ0v) is 10.8. The van der Waals surface area contributed by atoms with Crippen molar-refractivity contribution in [3.63, 3.8) is 0 Å². The number of nitrogens with zero attached hydrogens (tertiary/aromatic N) is 1. The Bertz CT molecular complexity index is 514. The van der Waals surface area contributed by atoms with E-state index < -0.39 is 11.9 Å². The maximum Gasteiger partial charge on any atom is 0.308 e. The minimum Gasteiger partial charge on any atom is -0.497 e. The predicted molar refractivity (Wildman–Crippen MR) is 67.6 cm³/mol. The Morgan fingerprint density at radius 1 is 1.37 bits per heavy atom. The molecule has 1 N–H and O–H groups in total. The van der Waals surface area contributed by atoms with Crippen LogP contribution in [0, 0.1) is 5.92 Å². The summed E-state index contributed by atoms with van der Waals surface area (Å²) in [5.41, 5.74) is 0.538. The van der Waals surface area contributed by atoms with Gasteiger partial charge in [-0.15, -0.1) is 0 Å². The molecule has 1 saturated heterocycles. The number of amides is 1. The van der Waals surface area contributed by atoms with Crippen molar-refractivity contribution in [2.75, 3.05) is 25.7 Å². The fourth-order valence-electron chi connectivity index (χ4n) is 2.11. The van der Waals surface area contributed by atoms with E-state index in [1.54, 1.807) is 18.2 Å². The summed E-state index contributed by atoms with van der Waals surface area (Å²) in [4.78, 5) is 24.3. The highest BCUT2D eigenvalue weighted by molar-refractivity contribution is 6.00. The van der Waals surface area contributed by atoms with Crippen LogP contribution in [-0.2, 0) is 9.59 Å². The van der Waals surface area contributed by atoms with Gasteiger partial charge in [-0.1, -0.05) is 0 Å². The van der Waals surface area contributed by atoms with Crippen molar-refractivity contribution in [1.29, 1.82) is 0 Å². The standard InChI is InChI=1S/C13H15NO5/c1-18-9-3-4-11(19-2)10(6-9)14-7-8(13(16)17)5-12(14)15/h3-4,6,8H,5,7H2,1-2H3,(H,16,17). The number of ether oxygens (including phenoxy) is 2. The van der Waals surface area contributed by atoms with Gasteiger partial charge < -0.3 is 19.5 Å². The third-order valence-electron chi connectivity index (χ3n) is 3.15. The van der Waals surface area contributed by atoms with Crippen LogP contribution in [0.1, 0.15) is 6.42 Å². The number of carboxylic acid groups (broad SMARTS) is 1. The summed E-state index contributed by atoms with van der Waals surface area (Å²) in [6, 6.07) is 5.08. The molecule has 1 aliphatic heterocycles. The Balaban J connectivity index is 2.35. The average molecular weight is 265 g/mol. The molecule has 1 aliphatic rings. The molecule has 1 amide bonds. The van der Waals surface area contributed by atoms with Crippen molar-refractivity contribution < 1.29 is 24.2 Å². The van der Waals surface area contributed by atoms with Crippen LogP contribution < -0.4 is 14.4 Å². The Morgan fingerprint density at radius 3 is 2.63 bits per heavy atom. The van der Waals surface area contributed by atoms with Crippen LogP contribution in [0.2, 0.25) is 0 Å². The third kappa shape index (κ3) is 2.47. The number of benzene rings is 1. The third-order valence-corrected chi connectivity index (χ3v) is 3.15. The molecule has 1 aromatic carbocycles. The van der Waals surface area contributed by atoms with Gasteiger partial charge in [-0.2, -0.15) is 0 Å². The van der Waals surface area contributed by atoms with E-state index >= 15 is 0 Å². The smallest absolute Gasteiger partial charge is 0.308 e. The van der Waals surface area contributed by atoms with Crippen molar-refractivity contribution in [2.24, 2.45) is 5.92 Å². The molecule has 102 valence electrons. The molecule has 0 saturated carbocycles. The molecule has 0 radical (unpaired) electrons. The topological polar surface area (TPSA) is 76.1 Å². The van der Waals surface area contributed by atoms with Crippen molar-refractivity contribution in [1.82, 2.24) is 0 Å². The monoisotopic (exact) mass is 265 g/mol. The first-order valence-corrected chi connectivity index (χ1v) is 5.82. The van der Waals surface area contributed by atoms with E-state index in [4.69, 9.17) is 14.6 Å². The van der Waals surface area contributed by atoms with Crippen LogP contribution in [0.25, 0.3) is 0 Å². The Hall–Kier alpha value is -2.24. The van der Waals surface area contributed by atoms with Gasteiger partial charge in [0.25, 0.3) is 0 Å². The van der Waals surface area contributed by atoms with Gasteiger partial charge in [0.1, 0.15) is 11.5 Å². The van der Waals surface area contributed by atoms with Gasteiger partial charge in [-0.3, -0.25) is 9.59 Å². The van der Waals surface area contributed by atoms with Crippen molar-refractivity contribution in [3.8, 4) is 11.5 Å². The summed E-state index contributed by atoms with van der Waals surface area (Å²) < 4.78 is 10.3. The Labute approximate surface area is 110 Å². The largest absolute Gasteiger partial charge is 0.497 e. The summed E-state index contributed by atoms with van der Waals surface area (Å²) in [5.74, 6) is -0.761. The number of carboxylic acids is 1. The highest BCUT2D eigenvalue weighted by Gasteiger charge is 2.36. The second kappa shape index (κ2) is 5.17. The first-order chi connectivity index (χ1) is 9.06. The molecular weight excluding hydrogens is 250 g/mol. The van der Waals surface area contributed by atoms with Crippen molar-refractivity contribution >= 4 is 17.6 Å². The van der Waals surface area contributed by atoms with Crippen LogP contribution in [0.15, 0.2) is 18.2 Å². The van der Waals surface area contributed by atoms with Gasteiger partial charge in [0.05, 0.1) is 25.8 Å². The number of methoxy groups -OCH3 is 2. The molecule has 1 unspecified atom stereocenters. The summed E-state index contributed by atoms with van der Waals surface area (Å²) in [6.07, 6.45) is 0.00962. The Morgan fingerprint density at radius 2 is 2.11 bits per heavy atom. The molecule has 0 aliphatic carbocycles. The molecule has 0 spiro atoms. The molecule has 6 heteroatoms. The lowest BCUT2D eigenvalue weighted by atomic mass is 10.1. The molecule has 1 aromatic rings. The molecular formula is C13H15NO5. The SMILES string of the molecule is COc1ccc(OC)c(N2CC(C(=O)O)CC2=O)c1. The molecule has 2 rings (SSSR count). The molecule has 1 fully saturated rings. The summed E-state index contributed by atoms with van der Waals surface area (Å²) in [5, 5.41) is 8.99. The van der Waals surface area contributed by atoms with Gasteiger partial charge in [-0.05, 0) is 12.1 Å². The highest BCUT2D eigenvalue weighted by Crippen LogP contribution is 2.35. The zero-order chi connectivity index (χ0) is 14.0. The number of carbonyl (C=O) groups is 2. The fourth-order valence-corrected chi connectivity index (χ4v) is 2.11. The number of hydrogen-bond acceptors (Lipinski definition) is 4. The quantitative estimate of drug-likeness (QED) is 0.883. The molecule has 6 nitrogen and oxygen atoms in total. The Kier molecular flexibility index (Phi) is 3.59. The van der Waals surface area contributed by atoms with Gasteiger partial charge in [-0.25, -0.2) is 0 Å². The second-order valence-electron chi connectivity index (χ2n) is 4.28. The van der Waals surface area contributed by atoms with Gasteiger partial charge in [0, 0.05) is 19.0 Å². The minimum absolute atomic E-state index is 0.00962. The van der Waals surface area contributed by atoms with E-state index in [9.17, 15) is 9.59 Å².